The minimum atomic E-state index is -0.293. The van der Waals surface area contributed by atoms with Gasteiger partial charge in [-0.2, -0.15) is 0 Å². The third kappa shape index (κ3) is 3.05. The van der Waals surface area contributed by atoms with E-state index >= 15 is 0 Å². The van der Waals surface area contributed by atoms with Crippen LogP contribution in [-0.2, 0) is 11.3 Å². The van der Waals surface area contributed by atoms with Crippen molar-refractivity contribution in [3.63, 3.8) is 0 Å². The molecule has 0 aromatic heterocycles. The largest absolute Gasteiger partial charge is 0.381 e. The van der Waals surface area contributed by atoms with E-state index in [4.69, 9.17) is 10.5 Å². The van der Waals surface area contributed by atoms with Gasteiger partial charge < -0.3 is 10.5 Å². The van der Waals surface area contributed by atoms with Gasteiger partial charge in [-0.1, -0.05) is 24.3 Å². The topological polar surface area (TPSA) is 35.2 Å². The zero-order valence-electron chi connectivity index (χ0n) is 10.1. The van der Waals surface area contributed by atoms with Crippen molar-refractivity contribution in [3.05, 3.63) is 35.4 Å². The van der Waals surface area contributed by atoms with Crippen molar-refractivity contribution >= 4 is 0 Å². The number of alkyl halides is 1. The lowest BCUT2D eigenvalue weighted by Crippen LogP contribution is -2.23. The molecule has 1 atom stereocenters. The van der Waals surface area contributed by atoms with E-state index in [9.17, 15) is 4.39 Å². The summed E-state index contributed by atoms with van der Waals surface area (Å²) in [5.41, 5.74) is 7.79. The summed E-state index contributed by atoms with van der Waals surface area (Å²) in [6, 6.07) is 8.01. The first kappa shape index (κ1) is 12.5. The van der Waals surface area contributed by atoms with Crippen molar-refractivity contribution < 1.29 is 9.13 Å². The maximum Gasteiger partial charge on any atom is 0.0965 e. The van der Waals surface area contributed by atoms with Crippen molar-refractivity contribution in [2.24, 2.45) is 11.7 Å². The van der Waals surface area contributed by atoms with Gasteiger partial charge in [-0.25, -0.2) is 0 Å². The van der Waals surface area contributed by atoms with E-state index in [-0.39, 0.29) is 12.6 Å². The number of nitrogens with two attached hydrogens (primary N) is 1. The van der Waals surface area contributed by atoms with Crippen LogP contribution in [0, 0.1) is 5.92 Å². The van der Waals surface area contributed by atoms with Crippen LogP contribution in [-0.4, -0.2) is 19.9 Å². The van der Waals surface area contributed by atoms with Crippen LogP contribution in [0.1, 0.15) is 29.9 Å². The van der Waals surface area contributed by atoms with Crippen LogP contribution < -0.4 is 5.73 Å². The molecule has 1 aromatic carbocycles. The zero-order chi connectivity index (χ0) is 12.1. The number of ether oxygens (including phenoxy) is 1. The third-order valence-corrected chi connectivity index (χ3v) is 3.62. The lowest BCUT2D eigenvalue weighted by Gasteiger charge is -2.29. The Balaban J connectivity index is 2.15. The molecule has 1 saturated heterocycles. The molecule has 0 amide bonds. The monoisotopic (exact) mass is 237 g/mol. The molecule has 0 aliphatic carbocycles. The predicted octanol–water partition coefficient (Wildman–Crippen LogP) is 2.63. The van der Waals surface area contributed by atoms with Crippen molar-refractivity contribution in [2.45, 2.75) is 25.3 Å². The summed E-state index contributed by atoms with van der Waals surface area (Å²) >= 11 is 0. The SMILES string of the molecule is NCc1cccc(C(CF)C2CCOCC2)c1. The fraction of sp³-hybridized carbons (Fsp3) is 0.571. The quantitative estimate of drug-likeness (QED) is 0.873. The molecule has 1 unspecified atom stereocenters. The van der Waals surface area contributed by atoms with E-state index in [1.165, 1.54) is 0 Å². The van der Waals surface area contributed by atoms with Crippen LogP contribution in [0.15, 0.2) is 24.3 Å². The minimum Gasteiger partial charge on any atom is -0.381 e. The van der Waals surface area contributed by atoms with E-state index < -0.39 is 0 Å². The fourth-order valence-corrected chi connectivity index (χ4v) is 2.56. The Labute approximate surface area is 102 Å². The molecule has 2 nitrogen and oxygen atoms in total. The smallest absolute Gasteiger partial charge is 0.0965 e. The van der Waals surface area contributed by atoms with Crippen molar-refractivity contribution in [3.8, 4) is 0 Å². The van der Waals surface area contributed by atoms with Gasteiger partial charge in [-0.15, -0.1) is 0 Å². The average Bonchev–Trinajstić information content (AvgIpc) is 2.41. The molecule has 1 aliphatic heterocycles. The molecule has 1 fully saturated rings. The maximum atomic E-state index is 13.3. The van der Waals surface area contributed by atoms with Gasteiger partial charge in [0.05, 0.1) is 6.67 Å². The zero-order valence-corrected chi connectivity index (χ0v) is 10.1. The Morgan fingerprint density at radius 2 is 2.12 bits per heavy atom. The number of benzene rings is 1. The second kappa shape index (κ2) is 6.12. The van der Waals surface area contributed by atoms with Crippen LogP contribution in [0.25, 0.3) is 0 Å². The van der Waals surface area contributed by atoms with Crippen LogP contribution in [0.4, 0.5) is 4.39 Å². The summed E-state index contributed by atoms with van der Waals surface area (Å²) in [6.45, 7) is 1.74. The van der Waals surface area contributed by atoms with E-state index in [1.807, 2.05) is 24.3 Å². The molecule has 2 N–H and O–H groups in total. The minimum absolute atomic E-state index is 0.00500. The third-order valence-electron chi connectivity index (χ3n) is 3.62. The van der Waals surface area contributed by atoms with Gasteiger partial charge in [0.15, 0.2) is 0 Å². The summed E-state index contributed by atoms with van der Waals surface area (Å²) < 4.78 is 18.6. The van der Waals surface area contributed by atoms with Gasteiger partial charge in [0.25, 0.3) is 0 Å². The fourth-order valence-electron chi connectivity index (χ4n) is 2.56. The maximum absolute atomic E-state index is 13.3. The number of rotatable bonds is 4. The Kier molecular flexibility index (Phi) is 4.51. The number of hydrogen-bond acceptors (Lipinski definition) is 2. The van der Waals surface area contributed by atoms with Gasteiger partial charge in [0, 0.05) is 25.7 Å². The lowest BCUT2D eigenvalue weighted by atomic mass is 9.82. The Morgan fingerprint density at radius 1 is 1.35 bits per heavy atom. The highest BCUT2D eigenvalue weighted by Gasteiger charge is 2.25. The Morgan fingerprint density at radius 3 is 2.76 bits per heavy atom. The van der Waals surface area contributed by atoms with Crippen molar-refractivity contribution in [1.82, 2.24) is 0 Å². The molecule has 0 spiro atoms. The Bertz CT molecular complexity index is 350. The van der Waals surface area contributed by atoms with Crippen molar-refractivity contribution in [2.75, 3.05) is 19.9 Å². The molecule has 0 bridgehead atoms. The van der Waals surface area contributed by atoms with E-state index in [0.717, 1.165) is 37.2 Å². The first-order chi connectivity index (χ1) is 8.35. The van der Waals surface area contributed by atoms with Crippen molar-refractivity contribution in [1.29, 1.82) is 0 Å². The summed E-state index contributed by atoms with van der Waals surface area (Å²) in [5, 5.41) is 0. The van der Waals surface area contributed by atoms with E-state index in [2.05, 4.69) is 0 Å². The predicted molar refractivity (Wildman–Crippen MR) is 66.6 cm³/mol. The molecule has 0 radical (unpaired) electrons. The molecular weight excluding hydrogens is 217 g/mol. The van der Waals surface area contributed by atoms with Gasteiger partial charge in [-0.05, 0) is 29.9 Å². The summed E-state index contributed by atoms with van der Waals surface area (Å²) in [5.74, 6) is 0.409. The van der Waals surface area contributed by atoms with Gasteiger partial charge in [0.1, 0.15) is 0 Å². The van der Waals surface area contributed by atoms with Gasteiger partial charge in [0.2, 0.25) is 0 Å². The van der Waals surface area contributed by atoms with Crippen LogP contribution in [0.3, 0.4) is 0 Å². The second-order valence-electron chi connectivity index (χ2n) is 4.66. The average molecular weight is 237 g/mol. The molecule has 3 heteroatoms. The molecule has 2 rings (SSSR count). The highest BCUT2D eigenvalue weighted by Crippen LogP contribution is 2.32. The second-order valence-corrected chi connectivity index (χ2v) is 4.66. The molecule has 1 aliphatic rings. The van der Waals surface area contributed by atoms with Gasteiger partial charge >= 0.3 is 0 Å². The van der Waals surface area contributed by atoms with Gasteiger partial charge in [-0.3, -0.25) is 4.39 Å². The first-order valence-electron chi connectivity index (χ1n) is 6.27. The first-order valence-corrected chi connectivity index (χ1v) is 6.27. The van der Waals surface area contributed by atoms with E-state index in [1.54, 1.807) is 0 Å². The molecule has 17 heavy (non-hydrogen) atoms. The molecule has 1 heterocycles. The summed E-state index contributed by atoms with van der Waals surface area (Å²) in [6.07, 6.45) is 1.92. The standard InChI is InChI=1S/C14H20FNO/c15-9-14(12-4-6-17-7-5-12)13-3-1-2-11(8-13)10-16/h1-3,8,12,14H,4-7,9-10,16H2. The molecular formula is C14H20FNO. The van der Waals surface area contributed by atoms with Crippen LogP contribution in [0.2, 0.25) is 0 Å². The molecule has 0 saturated carbocycles. The van der Waals surface area contributed by atoms with Crippen LogP contribution in [0.5, 0.6) is 0 Å². The summed E-state index contributed by atoms with van der Waals surface area (Å²) in [7, 11) is 0. The molecule has 94 valence electrons. The van der Waals surface area contributed by atoms with E-state index in [0.29, 0.717) is 12.5 Å². The van der Waals surface area contributed by atoms with Crippen LogP contribution >= 0.6 is 0 Å². The lowest BCUT2D eigenvalue weighted by molar-refractivity contribution is 0.0547. The normalized spacial score (nSPS) is 19.2. The molecule has 1 aromatic rings. The number of halogens is 1. The summed E-state index contributed by atoms with van der Waals surface area (Å²) in [4.78, 5) is 0. The number of hydrogen-bond donors (Lipinski definition) is 1. The highest BCUT2D eigenvalue weighted by molar-refractivity contribution is 5.27. The highest BCUT2D eigenvalue weighted by atomic mass is 19.1. The Hall–Kier alpha value is -0.930.